The van der Waals surface area contributed by atoms with Gasteiger partial charge in [-0.05, 0) is 61.3 Å². The van der Waals surface area contributed by atoms with E-state index in [1.807, 2.05) is 18.2 Å². The molecule has 2 rings (SSSR count). The highest BCUT2D eigenvalue weighted by Crippen LogP contribution is 2.17. The third kappa shape index (κ3) is 4.46. The van der Waals surface area contributed by atoms with Crippen molar-refractivity contribution < 1.29 is 0 Å². The van der Waals surface area contributed by atoms with E-state index in [0.717, 1.165) is 11.4 Å². The lowest BCUT2D eigenvalue weighted by Gasteiger charge is -2.15. The summed E-state index contributed by atoms with van der Waals surface area (Å²) in [5, 5.41) is 3.71. The van der Waals surface area contributed by atoms with Gasteiger partial charge in [-0.2, -0.15) is 0 Å². The average Bonchev–Trinajstić information content (AvgIpc) is 2.47. The Morgan fingerprint density at radius 3 is 2.27 bits per heavy atom. The van der Waals surface area contributed by atoms with E-state index < -0.39 is 0 Å². The number of thiocarbonyl (C=S) groups is 1. The number of hydrogen-bond acceptors (Lipinski definition) is 2. The fraction of sp³-hybridized carbons (Fsp3) is 0.278. The fourth-order valence-corrected chi connectivity index (χ4v) is 2.36. The van der Waals surface area contributed by atoms with E-state index in [9.17, 15) is 0 Å². The molecule has 4 heteroatoms. The predicted molar refractivity (Wildman–Crippen MR) is 99.4 cm³/mol. The number of rotatable bonds is 4. The normalized spacial score (nSPS) is 10.4. The van der Waals surface area contributed by atoms with Crippen molar-refractivity contribution in [2.24, 2.45) is 0 Å². The topological polar surface area (TPSA) is 36.1 Å². The van der Waals surface area contributed by atoms with Crippen molar-refractivity contribution in [2.45, 2.75) is 33.6 Å². The summed E-state index contributed by atoms with van der Waals surface area (Å²) in [5.41, 5.74) is 11.9. The van der Waals surface area contributed by atoms with Gasteiger partial charge in [0.15, 0.2) is 5.11 Å². The minimum absolute atomic E-state index is 0.533. The maximum atomic E-state index is 5.30. The van der Waals surface area contributed by atoms with Crippen LogP contribution in [0.5, 0.6) is 0 Å². The third-order valence-electron chi connectivity index (χ3n) is 3.53. The van der Waals surface area contributed by atoms with Crippen molar-refractivity contribution in [1.82, 2.24) is 5.43 Å². The number of hydrazine groups is 1. The highest BCUT2D eigenvalue weighted by molar-refractivity contribution is 7.80. The second kappa shape index (κ2) is 7.27. The van der Waals surface area contributed by atoms with Crippen LogP contribution in [0.4, 0.5) is 11.4 Å². The van der Waals surface area contributed by atoms with E-state index >= 15 is 0 Å². The van der Waals surface area contributed by atoms with Gasteiger partial charge in [0.1, 0.15) is 0 Å². The number of hydrogen-bond donors (Lipinski definition) is 3. The maximum absolute atomic E-state index is 5.30. The molecule has 22 heavy (non-hydrogen) atoms. The summed E-state index contributed by atoms with van der Waals surface area (Å²) in [6.07, 6.45) is 0. The second-order valence-electron chi connectivity index (χ2n) is 5.80. The Morgan fingerprint density at radius 1 is 1.00 bits per heavy atom. The van der Waals surface area contributed by atoms with Gasteiger partial charge in [0.2, 0.25) is 0 Å². The molecule has 2 aromatic carbocycles. The molecule has 0 aliphatic rings. The fourth-order valence-electron chi connectivity index (χ4n) is 2.19. The number of benzene rings is 2. The largest absolute Gasteiger partial charge is 0.331 e. The lowest BCUT2D eigenvalue weighted by Crippen LogP contribution is -2.33. The Labute approximate surface area is 138 Å². The van der Waals surface area contributed by atoms with Crippen molar-refractivity contribution in [3.8, 4) is 0 Å². The van der Waals surface area contributed by atoms with Crippen molar-refractivity contribution in [1.29, 1.82) is 0 Å². The minimum atomic E-state index is 0.533. The van der Waals surface area contributed by atoms with Gasteiger partial charge in [0, 0.05) is 5.69 Å². The molecule has 0 saturated carbocycles. The molecule has 0 spiro atoms. The molecular weight excluding hydrogens is 290 g/mol. The Hall–Kier alpha value is -2.07. The van der Waals surface area contributed by atoms with Gasteiger partial charge >= 0.3 is 0 Å². The molecule has 3 nitrogen and oxygen atoms in total. The predicted octanol–water partition coefficient (Wildman–Crippen LogP) is 4.74. The molecule has 0 radical (unpaired) electrons. The number of aryl methyl sites for hydroxylation is 2. The summed E-state index contributed by atoms with van der Waals surface area (Å²) in [4.78, 5) is 0. The number of anilines is 2. The Kier molecular flexibility index (Phi) is 5.39. The summed E-state index contributed by atoms with van der Waals surface area (Å²) in [6.45, 7) is 8.51. The third-order valence-corrected chi connectivity index (χ3v) is 3.73. The first-order valence-electron chi connectivity index (χ1n) is 7.46. The Morgan fingerprint density at radius 2 is 1.68 bits per heavy atom. The van der Waals surface area contributed by atoms with Crippen molar-refractivity contribution in [3.05, 3.63) is 59.2 Å². The standard InChI is InChI=1S/C18H23N3S/c1-12(2)15-6-8-16(9-7-15)19-18(22)21-20-17-10-5-13(3)11-14(17)4/h5-12,20H,1-4H3,(H2,19,21,22). The van der Waals surface area contributed by atoms with Crippen LogP contribution in [0.25, 0.3) is 0 Å². The molecular formula is C18H23N3S. The maximum Gasteiger partial charge on any atom is 0.189 e. The first-order chi connectivity index (χ1) is 10.5. The van der Waals surface area contributed by atoms with Gasteiger partial charge < -0.3 is 5.32 Å². The van der Waals surface area contributed by atoms with E-state index in [2.05, 4.69) is 68.1 Å². The summed E-state index contributed by atoms with van der Waals surface area (Å²) in [7, 11) is 0. The van der Waals surface area contributed by atoms with Crippen LogP contribution in [0, 0.1) is 13.8 Å². The zero-order chi connectivity index (χ0) is 16.1. The molecule has 0 bridgehead atoms. The van der Waals surface area contributed by atoms with Gasteiger partial charge in [-0.15, -0.1) is 0 Å². The SMILES string of the molecule is Cc1ccc(NNC(=S)Nc2ccc(C(C)C)cc2)c(C)c1. The lowest BCUT2D eigenvalue weighted by atomic mass is 10.0. The van der Waals surface area contributed by atoms with Gasteiger partial charge in [0.05, 0.1) is 5.69 Å². The van der Waals surface area contributed by atoms with Crippen molar-refractivity contribution in [3.63, 3.8) is 0 Å². The smallest absolute Gasteiger partial charge is 0.189 e. The first kappa shape index (κ1) is 16.3. The van der Waals surface area contributed by atoms with Crippen LogP contribution >= 0.6 is 12.2 Å². The highest BCUT2D eigenvalue weighted by Gasteiger charge is 2.02. The second-order valence-corrected chi connectivity index (χ2v) is 6.21. The average molecular weight is 313 g/mol. The summed E-state index contributed by atoms with van der Waals surface area (Å²) in [6, 6.07) is 14.6. The van der Waals surface area contributed by atoms with Crippen molar-refractivity contribution in [2.75, 3.05) is 10.7 Å². The van der Waals surface area contributed by atoms with Crippen molar-refractivity contribution >= 4 is 28.7 Å². The molecule has 0 fully saturated rings. The molecule has 0 aromatic heterocycles. The van der Waals surface area contributed by atoms with Gasteiger partial charge in [0.25, 0.3) is 0 Å². The molecule has 0 amide bonds. The summed E-state index contributed by atoms with van der Waals surface area (Å²) < 4.78 is 0. The monoisotopic (exact) mass is 313 g/mol. The van der Waals surface area contributed by atoms with Crippen LogP contribution in [0.3, 0.4) is 0 Å². The lowest BCUT2D eigenvalue weighted by molar-refractivity contribution is 0.867. The summed E-state index contributed by atoms with van der Waals surface area (Å²) >= 11 is 5.30. The minimum Gasteiger partial charge on any atom is -0.331 e. The Balaban J connectivity index is 1.90. The van der Waals surface area contributed by atoms with E-state index in [-0.39, 0.29) is 0 Å². The molecule has 0 heterocycles. The van der Waals surface area contributed by atoms with Gasteiger partial charge in [-0.25, -0.2) is 0 Å². The molecule has 3 N–H and O–H groups in total. The number of nitrogens with one attached hydrogen (secondary N) is 3. The first-order valence-corrected chi connectivity index (χ1v) is 7.87. The molecule has 0 atom stereocenters. The van der Waals surface area contributed by atoms with Crippen LogP contribution in [0.15, 0.2) is 42.5 Å². The zero-order valence-corrected chi connectivity index (χ0v) is 14.3. The molecule has 2 aromatic rings. The van der Waals surface area contributed by atoms with Crippen LogP contribution in [-0.2, 0) is 0 Å². The van der Waals surface area contributed by atoms with E-state index in [1.54, 1.807) is 0 Å². The zero-order valence-electron chi connectivity index (χ0n) is 13.5. The molecule has 0 saturated heterocycles. The van der Waals surface area contributed by atoms with Crippen LogP contribution < -0.4 is 16.2 Å². The van der Waals surface area contributed by atoms with Crippen LogP contribution in [0.1, 0.15) is 36.5 Å². The molecule has 0 aliphatic heterocycles. The van der Waals surface area contributed by atoms with Gasteiger partial charge in [-0.1, -0.05) is 43.7 Å². The quantitative estimate of drug-likeness (QED) is 0.563. The molecule has 0 aliphatic carbocycles. The van der Waals surface area contributed by atoms with E-state index in [0.29, 0.717) is 11.0 Å². The summed E-state index contributed by atoms with van der Waals surface area (Å²) in [5.74, 6) is 0.533. The van der Waals surface area contributed by atoms with Crippen LogP contribution in [-0.4, -0.2) is 5.11 Å². The molecule has 0 unspecified atom stereocenters. The molecule has 116 valence electrons. The highest BCUT2D eigenvalue weighted by atomic mass is 32.1. The van der Waals surface area contributed by atoms with E-state index in [4.69, 9.17) is 12.2 Å². The van der Waals surface area contributed by atoms with Gasteiger partial charge in [-0.3, -0.25) is 10.9 Å². The van der Waals surface area contributed by atoms with Crippen LogP contribution in [0.2, 0.25) is 0 Å². The Bertz CT molecular complexity index is 648. The van der Waals surface area contributed by atoms with E-state index in [1.165, 1.54) is 16.7 Å².